The van der Waals surface area contributed by atoms with Gasteiger partial charge < -0.3 is 9.13 Å². The van der Waals surface area contributed by atoms with Crippen molar-refractivity contribution >= 4 is 96.9 Å². The lowest BCUT2D eigenvalue weighted by Gasteiger charge is -2.12. The fourth-order valence-electron chi connectivity index (χ4n) is 9.48. The second kappa shape index (κ2) is 12.4. The minimum absolute atomic E-state index is 0.864. The van der Waals surface area contributed by atoms with Crippen LogP contribution in [0.1, 0.15) is 0 Å². The summed E-state index contributed by atoms with van der Waals surface area (Å²) in [5, 5.41) is 11.1. The number of thiophene rings is 1. The molecule has 0 N–H and O–H groups in total. The van der Waals surface area contributed by atoms with Crippen molar-refractivity contribution in [3.05, 3.63) is 194 Å². The molecule has 5 heteroatoms. The summed E-state index contributed by atoms with van der Waals surface area (Å²) in [4.78, 5) is 11.3. The number of nitrogens with zero attached hydrogens (tertiary/aromatic N) is 4. The molecule has 59 heavy (non-hydrogen) atoms. The molecule has 4 nitrogen and oxygen atoms in total. The summed E-state index contributed by atoms with van der Waals surface area (Å²) >= 11 is 1.70. The van der Waals surface area contributed by atoms with Crippen molar-refractivity contribution in [3.8, 4) is 33.8 Å². The van der Waals surface area contributed by atoms with E-state index in [1.165, 1.54) is 69.9 Å². The molecule has 274 valence electrons. The zero-order valence-electron chi connectivity index (χ0n) is 31.7. The highest BCUT2D eigenvalue weighted by Gasteiger charge is 2.18. The molecule has 13 rings (SSSR count). The SMILES string of the molecule is c1cc(-c2ccc3sc4nc(-c5cccc(-n6c7ccccc7c7ccc8ccccc8c76)c5)cnc4c3c2)cc(-n2c3ccccc3c3ccc4ccccc4c32)c1. The summed E-state index contributed by atoms with van der Waals surface area (Å²) in [6.07, 6.45) is 1.94. The maximum atomic E-state index is 5.26. The van der Waals surface area contributed by atoms with Gasteiger partial charge in [0.15, 0.2) is 0 Å². The summed E-state index contributed by atoms with van der Waals surface area (Å²) in [5.41, 5.74) is 12.2. The van der Waals surface area contributed by atoms with Crippen LogP contribution in [0.25, 0.3) is 119 Å². The molecular formula is C54H32N4S. The van der Waals surface area contributed by atoms with Gasteiger partial charge in [-0.05, 0) is 70.4 Å². The van der Waals surface area contributed by atoms with Crippen molar-refractivity contribution in [2.24, 2.45) is 0 Å². The number of hydrogen-bond acceptors (Lipinski definition) is 3. The quantitative estimate of drug-likeness (QED) is 0.179. The molecule has 0 saturated carbocycles. The molecule has 0 aliphatic carbocycles. The van der Waals surface area contributed by atoms with Gasteiger partial charge in [0.1, 0.15) is 10.3 Å². The molecule has 0 radical (unpaired) electrons. The van der Waals surface area contributed by atoms with Gasteiger partial charge in [0.05, 0.1) is 34.0 Å². The molecule has 13 aromatic rings. The van der Waals surface area contributed by atoms with Crippen LogP contribution in [-0.2, 0) is 0 Å². The topological polar surface area (TPSA) is 35.6 Å². The first-order chi connectivity index (χ1) is 29.2. The Kier molecular flexibility index (Phi) is 6.85. The third-order valence-electron chi connectivity index (χ3n) is 12.1. The fourth-order valence-corrected chi connectivity index (χ4v) is 10.5. The summed E-state index contributed by atoms with van der Waals surface area (Å²) in [6, 6.07) is 68.2. The maximum absolute atomic E-state index is 5.26. The van der Waals surface area contributed by atoms with Gasteiger partial charge in [-0.25, -0.2) is 4.98 Å². The molecule has 0 saturated heterocycles. The normalized spacial score (nSPS) is 12.1. The van der Waals surface area contributed by atoms with Crippen molar-refractivity contribution in [3.63, 3.8) is 0 Å². The molecule has 0 unspecified atom stereocenters. The van der Waals surface area contributed by atoms with E-state index < -0.39 is 0 Å². The monoisotopic (exact) mass is 768 g/mol. The lowest BCUT2D eigenvalue weighted by molar-refractivity contribution is 1.18. The van der Waals surface area contributed by atoms with Crippen molar-refractivity contribution in [1.82, 2.24) is 19.1 Å². The fraction of sp³-hybridized carbons (Fsp3) is 0. The highest BCUT2D eigenvalue weighted by atomic mass is 32.1. The number of aromatic nitrogens is 4. The lowest BCUT2D eigenvalue weighted by atomic mass is 10.0. The Morgan fingerprint density at radius 1 is 0.390 bits per heavy atom. The smallest absolute Gasteiger partial charge is 0.143 e. The van der Waals surface area contributed by atoms with Crippen LogP contribution in [0.3, 0.4) is 0 Å². The number of fused-ring (bicyclic) bond motifs is 13. The Morgan fingerprint density at radius 3 is 1.58 bits per heavy atom. The van der Waals surface area contributed by atoms with Crippen molar-refractivity contribution in [1.29, 1.82) is 0 Å². The maximum Gasteiger partial charge on any atom is 0.143 e. The Balaban J connectivity index is 0.914. The van der Waals surface area contributed by atoms with Crippen LogP contribution in [-0.4, -0.2) is 19.1 Å². The first kappa shape index (κ1) is 32.5. The van der Waals surface area contributed by atoms with Crippen LogP contribution in [0.4, 0.5) is 0 Å². The van der Waals surface area contributed by atoms with E-state index in [9.17, 15) is 0 Å². The van der Waals surface area contributed by atoms with Gasteiger partial charge in [0.2, 0.25) is 0 Å². The van der Waals surface area contributed by atoms with Gasteiger partial charge in [-0.15, -0.1) is 11.3 Å². The summed E-state index contributed by atoms with van der Waals surface area (Å²) in [7, 11) is 0. The lowest BCUT2D eigenvalue weighted by Crippen LogP contribution is -1.95. The van der Waals surface area contributed by atoms with E-state index in [4.69, 9.17) is 9.97 Å². The van der Waals surface area contributed by atoms with Crippen LogP contribution in [0.15, 0.2) is 194 Å². The largest absolute Gasteiger partial charge is 0.309 e. The average Bonchev–Trinajstić information content (AvgIpc) is 3.96. The Morgan fingerprint density at radius 2 is 0.932 bits per heavy atom. The van der Waals surface area contributed by atoms with E-state index in [1.54, 1.807) is 11.3 Å². The van der Waals surface area contributed by atoms with Crippen LogP contribution in [0.5, 0.6) is 0 Å². The van der Waals surface area contributed by atoms with Gasteiger partial charge in [-0.1, -0.05) is 140 Å². The third kappa shape index (κ3) is 4.83. The summed E-state index contributed by atoms with van der Waals surface area (Å²) in [6.45, 7) is 0. The van der Waals surface area contributed by atoms with E-state index >= 15 is 0 Å². The average molecular weight is 769 g/mol. The van der Waals surface area contributed by atoms with Crippen molar-refractivity contribution in [2.45, 2.75) is 0 Å². The van der Waals surface area contributed by atoms with Gasteiger partial charge in [0, 0.05) is 59.3 Å². The van der Waals surface area contributed by atoms with Gasteiger partial charge in [-0.2, -0.15) is 0 Å². The summed E-state index contributed by atoms with van der Waals surface area (Å²) in [5.74, 6) is 0. The predicted molar refractivity (Wildman–Crippen MR) is 249 cm³/mol. The van der Waals surface area contributed by atoms with E-state index in [2.05, 4.69) is 197 Å². The Bertz CT molecular complexity index is 3870. The van der Waals surface area contributed by atoms with E-state index in [1.807, 2.05) is 6.20 Å². The molecule has 4 aromatic heterocycles. The minimum atomic E-state index is 0.864. The Hall–Kier alpha value is -7.60. The standard InChI is InChI=1S/C54H32N4S/c1-3-17-40-33(11-1)23-26-44-42-19-5-7-21-48(42)57(52(40)44)38-15-9-13-35(29-38)36-25-28-50-46(31-36)51-54(59-50)56-47(32-55-51)37-14-10-16-39(30-37)58-49-22-8-6-20-43(49)45-27-24-34-12-2-4-18-41(34)53(45)58/h1-32H. The van der Waals surface area contributed by atoms with Crippen LogP contribution >= 0.6 is 11.3 Å². The van der Waals surface area contributed by atoms with Crippen molar-refractivity contribution < 1.29 is 0 Å². The molecular weight excluding hydrogens is 737 g/mol. The van der Waals surface area contributed by atoms with Crippen LogP contribution in [0.2, 0.25) is 0 Å². The molecule has 0 spiro atoms. The minimum Gasteiger partial charge on any atom is -0.309 e. The second-order valence-electron chi connectivity index (χ2n) is 15.4. The molecule has 0 amide bonds. The van der Waals surface area contributed by atoms with Gasteiger partial charge >= 0.3 is 0 Å². The van der Waals surface area contributed by atoms with Crippen LogP contribution < -0.4 is 0 Å². The molecule has 0 aliphatic heterocycles. The number of benzene rings is 9. The Labute approximate surface area is 342 Å². The van der Waals surface area contributed by atoms with Gasteiger partial charge in [0.25, 0.3) is 0 Å². The van der Waals surface area contributed by atoms with E-state index in [0.29, 0.717) is 0 Å². The second-order valence-corrected chi connectivity index (χ2v) is 16.4. The predicted octanol–water partition coefficient (Wildman–Crippen LogP) is 14.7. The third-order valence-corrected chi connectivity index (χ3v) is 13.2. The van der Waals surface area contributed by atoms with E-state index in [-0.39, 0.29) is 0 Å². The highest BCUT2D eigenvalue weighted by molar-refractivity contribution is 7.25. The number of hydrogen-bond donors (Lipinski definition) is 0. The first-order valence-corrected chi connectivity index (χ1v) is 20.8. The van der Waals surface area contributed by atoms with E-state index in [0.717, 1.165) is 49.5 Å². The highest BCUT2D eigenvalue weighted by Crippen LogP contribution is 2.41. The number of rotatable bonds is 4. The number of para-hydroxylation sites is 2. The first-order valence-electron chi connectivity index (χ1n) is 20.0. The van der Waals surface area contributed by atoms with Crippen molar-refractivity contribution in [2.75, 3.05) is 0 Å². The molecule has 0 fully saturated rings. The zero-order chi connectivity index (χ0) is 38.6. The molecule has 0 atom stereocenters. The summed E-state index contributed by atoms with van der Waals surface area (Å²) < 4.78 is 6.01. The molecule has 4 heterocycles. The molecule has 0 aliphatic rings. The molecule has 9 aromatic carbocycles. The molecule has 0 bridgehead atoms. The zero-order valence-corrected chi connectivity index (χ0v) is 32.5. The van der Waals surface area contributed by atoms with Crippen LogP contribution in [0, 0.1) is 0 Å². The van der Waals surface area contributed by atoms with Gasteiger partial charge in [-0.3, -0.25) is 4.98 Å².